The highest BCUT2D eigenvalue weighted by atomic mass is 35.5. The molecular formula is C19H21ClN4O3. The van der Waals surface area contributed by atoms with E-state index in [0.29, 0.717) is 28.4 Å². The predicted molar refractivity (Wildman–Crippen MR) is 106 cm³/mol. The van der Waals surface area contributed by atoms with Gasteiger partial charge in [-0.05, 0) is 42.5 Å². The Morgan fingerprint density at radius 1 is 0.889 bits per heavy atom. The maximum atomic E-state index is 12.1. The van der Waals surface area contributed by atoms with Crippen molar-refractivity contribution in [3.8, 4) is 0 Å². The molecule has 0 fully saturated rings. The molecule has 4 amide bonds. The monoisotopic (exact) mass is 388 g/mol. The summed E-state index contributed by atoms with van der Waals surface area (Å²) in [5, 5.41) is 11.2. The van der Waals surface area contributed by atoms with Crippen LogP contribution in [0.1, 0.15) is 23.7 Å². The fourth-order valence-electron chi connectivity index (χ4n) is 2.15. The number of urea groups is 1. The van der Waals surface area contributed by atoms with Crippen molar-refractivity contribution in [3.05, 3.63) is 59.1 Å². The van der Waals surface area contributed by atoms with Gasteiger partial charge in [0.05, 0.1) is 0 Å². The van der Waals surface area contributed by atoms with E-state index in [2.05, 4.69) is 21.3 Å². The SMILES string of the molecule is CCC(=O)Nc1ccc(C(=O)NCCNC(=O)Nc2cccc(Cl)c2)cc1. The van der Waals surface area contributed by atoms with E-state index < -0.39 is 0 Å². The molecule has 2 aromatic carbocycles. The van der Waals surface area contributed by atoms with Gasteiger partial charge in [0.15, 0.2) is 0 Å². The van der Waals surface area contributed by atoms with Crippen molar-refractivity contribution >= 4 is 40.8 Å². The third-order valence-corrected chi connectivity index (χ3v) is 3.77. The van der Waals surface area contributed by atoms with Crippen molar-refractivity contribution < 1.29 is 14.4 Å². The lowest BCUT2D eigenvalue weighted by atomic mass is 10.2. The highest BCUT2D eigenvalue weighted by Crippen LogP contribution is 2.14. The lowest BCUT2D eigenvalue weighted by molar-refractivity contribution is -0.115. The van der Waals surface area contributed by atoms with Crippen LogP contribution in [0, 0.1) is 0 Å². The third kappa shape index (κ3) is 6.99. The van der Waals surface area contributed by atoms with Crippen molar-refractivity contribution in [1.29, 1.82) is 0 Å². The first-order valence-corrected chi connectivity index (χ1v) is 8.84. The van der Waals surface area contributed by atoms with E-state index in [1.54, 1.807) is 55.5 Å². The summed E-state index contributed by atoms with van der Waals surface area (Å²) in [4.78, 5) is 35.2. The molecule has 142 valence electrons. The molecule has 4 N–H and O–H groups in total. The lowest BCUT2D eigenvalue weighted by Gasteiger charge is -2.09. The number of nitrogens with one attached hydrogen (secondary N) is 4. The van der Waals surface area contributed by atoms with Crippen molar-refractivity contribution in [2.45, 2.75) is 13.3 Å². The molecular weight excluding hydrogens is 368 g/mol. The van der Waals surface area contributed by atoms with Crippen LogP contribution in [-0.2, 0) is 4.79 Å². The van der Waals surface area contributed by atoms with Crippen molar-refractivity contribution in [2.75, 3.05) is 23.7 Å². The molecule has 0 saturated heterocycles. The Morgan fingerprint density at radius 2 is 1.59 bits per heavy atom. The Kier molecular flexibility index (Phi) is 7.63. The molecule has 0 atom stereocenters. The highest BCUT2D eigenvalue weighted by molar-refractivity contribution is 6.30. The Hall–Kier alpha value is -3.06. The van der Waals surface area contributed by atoms with Crippen molar-refractivity contribution in [1.82, 2.24) is 10.6 Å². The quantitative estimate of drug-likeness (QED) is 0.548. The van der Waals surface area contributed by atoms with Gasteiger partial charge in [0.25, 0.3) is 5.91 Å². The lowest BCUT2D eigenvalue weighted by Crippen LogP contribution is -2.36. The van der Waals surface area contributed by atoms with Crippen LogP contribution in [0.4, 0.5) is 16.2 Å². The van der Waals surface area contributed by atoms with Gasteiger partial charge in [-0.1, -0.05) is 24.6 Å². The molecule has 2 rings (SSSR count). The number of carbonyl (C=O) groups is 3. The van der Waals surface area contributed by atoms with E-state index in [-0.39, 0.29) is 30.9 Å². The van der Waals surface area contributed by atoms with Gasteiger partial charge < -0.3 is 21.3 Å². The molecule has 0 aliphatic rings. The molecule has 7 nitrogen and oxygen atoms in total. The van der Waals surface area contributed by atoms with E-state index in [1.807, 2.05) is 0 Å². The standard InChI is InChI=1S/C19H21ClN4O3/c1-2-17(25)23-15-8-6-13(7-9-15)18(26)21-10-11-22-19(27)24-16-5-3-4-14(20)12-16/h3-9,12H,2,10-11H2,1H3,(H,21,26)(H,23,25)(H2,22,24,27). The summed E-state index contributed by atoms with van der Waals surface area (Å²) in [6.45, 7) is 2.30. The average Bonchev–Trinajstić information content (AvgIpc) is 2.65. The van der Waals surface area contributed by atoms with Gasteiger partial charge in [-0.3, -0.25) is 9.59 Å². The van der Waals surface area contributed by atoms with Gasteiger partial charge in [-0.25, -0.2) is 4.79 Å². The van der Waals surface area contributed by atoms with Crippen LogP contribution < -0.4 is 21.3 Å². The van der Waals surface area contributed by atoms with Gasteiger partial charge in [0, 0.05) is 41.5 Å². The average molecular weight is 389 g/mol. The first-order valence-electron chi connectivity index (χ1n) is 8.46. The molecule has 0 heterocycles. The van der Waals surface area contributed by atoms with Crippen molar-refractivity contribution in [3.63, 3.8) is 0 Å². The van der Waals surface area contributed by atoms with Crippen LogP contribution in [-0.4, -0.2) is 30.9 Å². The molecule has 0 bridgehead atoms. The minimum Gasteiger partial charge on any atom is -0.350 e. The maximum absolute atomic E-state index is 12.1. The first-order chi connectivity index (χ1) is 13.0. The normalized spacial score (nSPS) is 10.0. The van der Waals surface area contributed by atoms with Crippen LogP contribution >= 0.6 is 11.6 Å². The summed E-state index contributed by atoms with van der Waals surface area (Å²) in [6, 6.07) is 13.0. The highest BCUT2D eigenvalue weighted by Gasteiger charge is 2.06. The van der Waals surface area contributed by atoms with E-state index in [9.17, 15) is 14.4 Å². The second-order valence-electron chi connectivity index (χ2n) is 5.63. The summed E-state index contributed by atoms with van der Waals surface area (Å²) in [6.07, 6.45) is 0.389. The van der Waals surface area contributed by atoms with Crippen LogP contribution in [0.15, 0.2) is 48.5 Å². The van der Waals surface area contributed by atoms with Gasteiger partial charge in [0.1, 0.15) is 0 Å². The topological polar surface area (TPSA) is 99.3 Å². The number of carbonyl (C=O) groups excluding carboxylic acids is 3. The van der Waals surface area contributed by atoms with Gasteiger partial charge in [0.2, 0.25) is 5.91 Å². The molecule has 0 spiro atoms. The van der Waals surface area contributed by atoms with Gasteiger partial charge >= 0.3 is 6.03 Å². The number of anilines is 2. The van der Waals surface area contributed by atoms with Crippen LogP contribution in [0.5, 0.6) is 0 Å². The summed E-state index contributed by atoms with van der Waals surface area (Å²) in [7, 11) is 0. The van der Waals surface area contributed by atoms with Crippen molar-refractivity contribution in [2.24, 2.45) is 0 Å². The van der Waals surface area contributed by atoms with E-state index in [4.69, 9.17) is 11.6 Å². The van der Waals surface area contributed by atoms with Gasteiger partial charge in [-0.2, -0.15) is 0 Å². The number of halogens is 1. The number of amides is 4. The first kappa shape index (κ1) is 20.3. The van der Waals surface area contributed by atoms with Crippen LogP contribution in [0.2, 0.25) is 5.02 Å². The number of benzene rings is 2. The Labute approximate surface area is 162 Å². The smallest absolute Gasteiger partial charge is 0.319 e. The molecule has 27 heavy (non-hydrogen) atoms. The Bertz CT molecular complexity index is 809. The molecule has 0 aromatic heterocycles. The molecule has 0 aliphatic carbocycles. The van der Waals surface area contributed by atoms with E-state index in [1.165, 1.54) is 0 Å². The zero-order valence-corrected chi connectivity index (χ0v) is 15.6. The fourth-order valence-corrected chi connectivity index (χ4v) is 2.34. The molecule has 0 aliphatic heterocycles. The molecule has 2 aromatic rings. The summed E-state index contributed by atoms with van der Waals surface area (Å²) in [5.74, 6) is -0.352. The molecule has 8 heteroatoms. The molecule has 0 radical (unpaired) electrons. The third-order valence-electron chi connectivity index (χ3n) is 3.53. The second-order valence-corrected chi connectivity index (χ2v) is 6.06. The Balaban J connectivity index is 1.71. The number of hydrogen-bond acceptors (Lipinski definition) is 3. The minimum atomic E-state index is -0.387. The van der Waals surface area contributed by atoms with Gasteiger partial charge in [-0.15, -0.1) is 0 Å². The Morgan fingerprint density at radius 3 is 2.26 bits per heavy atom. The second kappa shape index (κ2) is 10.2. The summed E-state index contributed by atoms with van der Waals surface area (Å²) < 4.78 is 0. The minimum absolute atomic E-state index is 0.0886. The zero-order chi connectivity index (χ0) is 19.6. The fraction of sp³-hybridized carbons (Fsp3) is 0.211. The summed E-state index contributed by atoms with van der Waals surface area (Å²) in [5.41, 5.74) is 1.69. The number of hydrogen-bond donors (Lipinski definition) is 4. The van der Waals surface area contributed by atoms with E-state index >= 15 is 0 Å². The maximum Gasteiger partial charge on any atom is 0.319 e. The van der Waals surface area contributed by atoms with Crippen LogP contribution in [0.3, 0.4) is 0 Å². The molecule has 0 saturated carbocycles. The largest absolute Gasteiger partial charge is 0.350 e. The number of rotatable bonds is 7. The summed E-state index contributed by atoms with van der Waals surface area (Å²) >= 11 is 5.85. The van der Waals surface area contributed by atoms with E-state index in [0.717, 1.165) is 0 Å². The molecule has 0 unspecified atom stereocenters. The van der Waals surface area contributed by atoms with Crippen LogP contribution in [0.25, 0.3) is 0 Å². The zero-order valence-electron chi connectivity index (χ0n) is 14.8. The predicted octanol–water partition coefficient (Wildman–Crippen LogP) is 3.24.